The molecule has 4 heteroatoms. The summed E-state index contributed by atoms with van der Waals surface area (Å²) in [5, 5.41) is 13.0. The van der Waals surface area contributed by atoms with Crippen molar-refractivity contribution in [1.82, 2.24) is 10.2 Å². The molecule has 0 aromatic heterocycles. The van der Waals surface area contributed by atoms with E-state index in [2.05, 4.69) is 17.3 Å². The molecule has 1 aliphatic carbocycles. The van der Waals surface area contributed by atoms with Crippen LogP contribution in [-0.4, -0.2) is 62.6 Å². The van der Waals surface area contributed by atoms with Crippen LogP contribution < -0.4 is 5.32 Å². The Hall–Kier alpha value is -0.160. The van der Waals surface area contributed by atoms with Crippen LogP contribution in [0.15, 0.2) is 0 Å². The minimum Gasteiger partial charge on any atom is -0.390 e. The first kappa shape index (κ1) is 13.9. The fraction of sp³-hybridized carbons (Fsp3) is 1.00. The van der Waals surface area contributed by atoms with Gasteiger partial charge in [-0.2, -0.15) is 0 Å². The number of rotatable bonds is 8. The highest BCUT2D eigenvalue weighted by Gasteiger charge is 2.20. The van der Waals surface area contributed by atoms with Crippen molar-refractivity contribution in [2.45, 2.75) is 37.8 Å². The summed E-state index contributed by atoms with van der Waals surface area (Å²) in [7, 11) is 3.81. The van der Waals surface area contributed by atoms with Gasteiger partial charge in [-0.15, -0.1) is 0 Å². The van der Waals surface area contributed by atoms with E-state index in [0.717, 1.165) is 13.1 Å². The molecule has 1 fully saturated rings. The predicted octanol–water partition coefficient (Wildman–Crippen LogP) is 0.458. The summed E-state index contributed by atoms with van der Waals surface area (Å²) in [6.07, 6.45) is 5.00. The third-order valence-electron chi connectivity index (χ3n) is 3.31. The van der Waals surface area contributed by atoms with E-state index in [1.54, 1.807) is 7.11 Å². The summed E-state index contributed by atoms with van der Waals surface area (Å²) in [5.74, 6) is 0. The summed E-state index contributed by atoms with van der Waals surface area (Å²) < 4.78 is 4.93. The molecule has 0 amide bonds. The van der Waals surface area contributed by atoms with Crippen LogP contribution in [-0.2, 0) is 4.74 Å². The smallest absolute Gasteiger partial charge is 0.0791 e. The van der Waals surface area contributed by atoms with Gasteiger partial charge >= 0.3 is 0 Å². The van der Waals surface area contributed by atoms with Crippen LogP contribution in [0.1, 0.15) is 25.7 Å². The van der Waals surface area contributed by atoms with Gasteiger partial charge in [0, 0.05) is 32.8 Å². The average molecular weight is 230 g/mol. The van der Waals surface area contributed by atoms with Crippen LogP contribution in [0.4, 0.5) is 0 Å². The van der Waals surface area contributed by atoms with Gasteiger partial charge in [-0.05, 0) is 19.9 Å². The Bertz CT molecular complexity index is 172. The zero-order valence-electron chi connectivity index (χ0n) is 10.6. The monoisotopic (exact) mass is 230 g/mol. The van der Waals surface area contributed by atoms with Crippen LogP contribution in [0.25, 0.3) is 0 Å². The molecule has 0 spiro atoms. The van der Waals surface area contributed by atoms with Gasteiger partial charge < -0.3 is 20.1 Å². The molecule has 0 bridgehead atoms. The van der Waals surface area contributed by atoms with Gasteiger partial charge in [0.15, 0.2) is 0 Å². The van der Waals surface area contributed by atoms with E-state index < -0.39 is 0 Å². The van der Waals surface area contributed by atoms with Crippen LogP contribution in [0.3, 0.4) is 0 Å². The average Bonchev–Trinajstić information content (AvgIpc) is 2.77. The minimum absolute atomic E-state index is 0.276. The molecule has 0 aromatic carbocycles. The Morgan fingerprint density at radius 2 is 2.12 bits per heavy atom. The highest BCUT2D eigenvalue weighted by atomic mass is 16.5. The molecular formula is C12H26N2O2. The number of aliphatic hydroxyl groups excluding tert-OH is 1. The first-order chi connectivity index (χ1) is 7.74. The van der Waals surface area contributed by atoms with Gasteiger partial charge in [0.2, 0.25) is 0 Å². The maximum Gasteiger partial charge on any atom is 0.0791 e. The Balaban J connectivity index is 2.05. The number of hydrogen-bond donors (Lipinski definition) is 2. The largest absolute Gasteiger partial charge is 0.390 e. The summed E-state index contributed by atoms with van der Waals surface area (Å²) in [4.78, 5) is 2.30. The SMILES string of the molecule is COCCNCC(O)CN(C)C1CCCC1. The van der Waals surface area contributed by atoms with Gasteiger partial charge in [-0.1, -0.05) is 12.8 Å². The summed E-state index contributed by atoms with van der Waals surface area (Å²) in [6, 6.07) is 0.689. The number of nitrogens with one attached hydrogen (secondary N) is 1. The highest BCUT2D eigenvalue weighted by Crippen LogP contribution is 2.22. The van der Waals surface area contributed by atoms with E-state index in [1.807, 2.05) is 0 Å². The number of hydrogen-bond acceptors (Lipinski definition) is 4. The lowest BCUT2D eigenvalue weighted by Crippen LogP contribution is -2.41. The molecule has 0 saturated heterocycles. The number of ether oxygens (including phenoxy) is 1. The molecule has 0 heterocycles. The van der Waals surface area contributed by atoms with Crippen molar-refractivity contribution >= 4 is 0 Å². The zero-order valence-corrected chi connectivity index (χ0v) is 10.6. The number of likely N-dealkylation sites (N-methyl/N-ethyl adjacent to an activating group) is 1. The lowest BCUT2D eigenvalue weighted by molar-refractivity contribution is 0.101. The van der Waals surface area contributed by atoms with Crippen LogP contribution in [0.2, 0.25) is 0 Å². The lowest BCUT2D eigenvalue weighted by atomic mass is 10.2. The lowest BCUT2D eigenvalue weighted by Gasteiger charge is -2.26. The van der Waals surface area contributed by atoms with Crippen molar-refractivity contribution < 1.29 is 9.84 Å². The van der Waals surface area contributed by atoms with Crippen molar-refractivity contribution in [2.24, 2.45) is 0 Å². The van der Waals surface area contributed by atoms with Crippen molar-refractivity contribution in [1.29, 1.82) is 0 Å². The molecular weight excluding hydrogens is 204 g/mol. The Morgan fingerprint density at radius 3 is 2.75 bits per heavy atom. The second-order valence-electron chi connectivity index (χ2n) is 4.73. The highest BCUT2D eigenvalue weighted by molar-refractivity contribution is 4.77. The molecule has 0 aromatic rings. The van der Waals surface area contributed by atoms with Gasteiger partial charge in [-0.25, -0.2) is 0 Å². The molecule has 1 rings (SSSR count). The molecule has 96 valence electrons. The summed E-state index contributed by atoms with van der Waals surface area (Å²) in [6.45, 7) is 2.93. The van der Waals surface area contributed by atoms with E-state index in [9.17, 15) is 5.11 Å². The van der Waals surface area contributed by atoms with Crippen molar-refractivity contribution in [3.8, 4) is 0 Å². The molecule has 2 N–H and O–H groups in total. The molecule has 1 unspecified atom stereocenters. The van der Waals surface area contributed by atoms with Crippen molar-refractivity contribution in [3.63, 3.8) is 0 Å². The van der Waals surface area contributed by atoms with Gasteiger partial charge in [-0.3, -0.25) is 0 Å². The first-order valence-electron chi connectivity index (χ1n) is 6.32. The van der Waals surface area contributed by atoms with E-state index in [0.29, 0.717) is 19.2 Å². The second-order valence-corrected chi connectivity index (χ2v) is 4.73. The molecule has 1 saturated carbocycles. The summed E-state index contributed by atoms with van der Waals surface area (Å²) >= 11 is 0. The zero-order chi connectivity index (χ0) is 11.8. The van der Waals surface area contributed by atoms with Crippen LogP contribution in [0, 0.1) is 0 Å². The normalized spacial score (nSPS) is 19.5. The molecule has 4 nitrogen and oxygen atoms in total. The fourth-order valence-electron chi connectivity index (χ4n) is 2.33. The third kappa shape index (κ3) is 5.25. The first-order valence-corrected chi connectivity index (χ1v) is 6.32. The Labute approximate surface area is 99.0 Å². The van der Waals surface area contributed by atoms with Gasteiger partial charge in [0.25, 0.3) is 0 Å². The maximum absolute atomic E-state index is 9.83. The van der Waals surface area contributed by atoms with Crippen molar-refractivity contribution in [2.75, 3.05) is 40.4 Å². The predicted molar refractivity (Wildman–Crippen MR) is 65.6 cm³/mol. The fourth-order valence-corrected chi connectivity index (χ4v) is 2.33. The summed E-state index contributed by atoms with van der Waals surface area (Å²) in [5.41, 5.74) is 0. The molecule has 1 aliphatic rings. The topological polar surface area (TPSA) is 44.7 Å². The Kier molecular flexibility index (Phi) is 6.96. The Morgan fingerprint density at radius 1 is 1.44 bits per heavy atom. The standard InChI is InChI=1S/C12H26N2O2/c1-14(11-5-3-4-6-11)10-12(15)9-13-7-8-16-2/h11-13,15H,3-10H2,1-2H3. The van der Waals surface area contributed by atoms with Crippen molar-refractivity contribution in [3.05, 3.63) is 0 Å². The quantitative estimate of drug-likeness (QED) is 0.595. The molecule has 0 radical (unpaired) electrons. The number of aliphatic hydroxyl groups is 1. The maximum atomic E-state index is 9.83. The van der Waals surface area contributed by atoms with Crippen LogP contribution in [0.5, 0.6) is 0 Å². The van der Waals surface area contributed by atoms with Gasteiger partial charge in [0.05, 0.1) is 12.7 Å². The van der Waals surface area contributed by atoms with E-state index >= 15 is 0 Å². The molecule has 16 heavy (non-hydrogen) atoms. The van der Waals surface area contributed by atoms with E-state index in [4.69, 9.17) is 4.74 Å². The van der Waals surface area contributed by atoms with Crippen LogP contribution >= 0.6 is 0 Å². The van der Waals surface area contributed by atoms with E-state index in [-0.39, 0.29) is 6.10 Å². The number of nitrogens with zero attached hydrogens (tertiary/aromatic N) is 1. The minimum atomic E-state index is -0.276. The third-order valence-corrected chi connectivity index (χ3v) is 3.31. The van der Waals surface area contributed by atoms with Gasteiger partial charge in [0.1, 0.15) is 0 Å². The molecule has 1 atom stereocenters. The van der Waals surface area contributed by atoms with E-state index in [1.165, 1.54) is 25.7 Å². The number of methoxy groups -OCH3 is 1. The molecule has 0 aliphatic heterocycles. The second kappa shape index (κ2) is 8.01.